The topological polar surface area (TPSA) is 37.8 Å². The van der Waals surface area contributed by atoms with Crippen molar-refractivity contribution in [2.45, 2.75) is 0 Å². The molecule has 4 rings (SSSR count). The van der Waals surface area contributed by atoms with Crippen molar-refractivity contribution >= 4 is 50.1 Å². The molecule has 5 heteroatoms. The van der Waals surface area contributed by atoms with Crippen LogP contribution in [0.3, 0.4) is 0 Å². The molecule has 1 heterocycles. The van der Waals surface area contributed by atoms with Gasteiger partial charge in [0.05, 0.1) is 21.9 Å². The Kier molecular flexibility index (Phi) is 4.38. The minimum atomic E-state index is 0.516. The molecule has 0 saturated carbocycles. The van der Waals surface area contributed by atoms with Crippen molar-refractivity contribution in [3.8, 4) is 11.3 Å². The molecule has 0 fully saturated rings. The molecule has 3 nitrogen and oxygen atoms in total. The highest BCUT2D eigenvalue weighted by Crippen LogP contribution is 2.31. The number of benzene rings is 3. The zero-order chi connectivity index (χ0) is 17.2. The zero-order valence-corrected chi connectivity index (χ0v) is 15.4. The van der Waals surface area contributed by atoms with Crippen LogP contribution in [-0.4, -0.2) is 9.97 Å². The van der Waals surface area contributed by atoms with Crippen LogP contribution in [0.4, 0.5) is 11.6 Å². The number of para-hydroxylation sites is 1. The van der Waals surface area contributed by atoms with Crippen LogP contribution in [-0.2, 0) is 0 Å². The van der Waals surface area contributed by atoms with Crippen molar-refractivity contribution in [2.75, 3.05) is 5.32 Å². The van der Waals surface area contributed by atoms with E-state index in [0.717, 1.165) is 32.3 Å². The first-order valence-electron chi connectivity index (χ1n) is 7.75. The Morgan fingerprint density at radius 3 is 2.40 bits per heavy atom. The highest BCUT2D eigenvalue weighted by molar-refractivity contribution is 9.10. The first kappa shape index (κ1) is 16.1. The lowest BCUT2D eigenvalue weighted by Crippen LogP contribution is -2.00. The minimum absolute atomic E-state index is 0.516. The van der Waals surface area contributed by atoms with E-state index < -0.39 is 0 Å². The molecular weight excluding hydrogens is 398 g/mol. The lowest BCUT2D eigenvalue weighted by Gasteiger charge is -2.11. The highest BCUT2D eigenvalue weighted by atomic mass is 79.9. The van der Waals surface area contributed by atoms with E-state index >= 15 is 0 Å². The van der Waals surface area contributed by atoms with E-state index in [-0.39, 0.29) is 0 Å². The second-order valence-electron chi connectivity index (χ2n) is 5.53. The summed E-state index contributed by atoms with van der Waals surface area (Å²) in [4.78, 5) is 9.38. The SMILES string of the molecule is Clc1ccccc1Nc1nc(-c2ccccc2)c2cc(Br)ccc2n1. The predicted octanol–water partition coefficient (Wildman–Crippen LogP) is 6.46. The summed E-state index contributed by atoms with van der Waals surface area (Å²) in [5.41, 5.74) is 3.56. The molecular formula is C20H13BrClN3. The molecule has 122 valence electrons. The molecule has 0 saturated heterocycles. The Hall–Kier alpha value is -2.43. The number of rotatable bonds is 3. The number of hydrogen-bond acceptors (Lipinski definition) is 3. The lowest BCUT2D eigenvalue weighted by atomic mass is 10.1. The molecule has 0 radical (unpaired) electrons. The van der Waals surface area contributed by atoms with Crippen LogP contribution in [0.2, 0.25) is 5.02 Å². The third-order valence-corrected chi connectivity index (χ3v) is 4.65. The number of fused-ring (bicyclic) bond motifs is 1. The number of aromatic nitrogens is 2. The molecule has 1 aromatic heterocycles. The fourth-order valence-corrected chi connectivity index (χ4v) is 3.20. The van der Waals surface area contributed by atoms with Gasteiger partial charge >= 0.3 is 0 Å². The van der Waals surface area contributed by atoms with E-state index in [0.29, 0.717) is 11.0 Å². The van der Waals surface area contributed by atoms with Gasteiger partial charge in [-0.05, 0) is 30.3 Å². The number of hydrogen-bond donors (Lipinski definition) is 1. The van der Waals surface area contributed by atoms with Crippen LogP contribution in [0.15, 0.2) is 77.3 Å². The van der Waals surface area contributed by atoms with Crippen LogP contribution in [0.5, 0.6) is 0 Å². The molecule has 0 unspecified atom stereocenters. The van der Waals surface area contributed by atoms with Gasteiger partial charge in [0, 0.05) is 15.4 Å². The van der Waals surface area contributed by atoms with Gasteiger partial charge in [0.25, 0.3) is 0 Å². The lowest BCUT2D eigenvalue weighted by molar-refractivity contribution is 1.21. The third-order valence-electron chi connectivity index (χ3n) is 3.83. The maximum Gasteiger partial charge on any atom is 0.228 e. The smallest absolute Gasteiger partial charge is 0.228 e. The Balaban J connectivity index is 1.89. The fourth-order valence-electron chi connectivity index (χ4n) is 2.66. The third kappa shape index (κ3) is 3.36. The first-order chi connectivity index (χ1) is 12.2. The van der Waals surface area contributed by atoms with E-state index in [4.69, 9.17) is 16.6 Å². The maximum absolute atomic E-state index is 6.25. The van der Waals surface area contributed by atoms with E-state index in [1.807, 2.05) is 72.8 Å². The second-order valence-corrected chi connectivity index (χ2v) is 6.85. The fraction of sp³-hybridized carbons (Fsp3) is 0. The van der Waals surface area contributed by atoms with Crippen LogP contribution in [0.1, 0.15) is 0 Å². The van der Waals surface area contributed by atoms with Crippen molar-refractivity contribution in [3.05, 3.63) is 82.3 Å². The molecule has 0 atom stereocenters. The van der Waals surface area contributed by atoms with Crippen molar-refractivity contribution in [3.63, 3.8) is 0 Å². The Morgan fingerprint density at radius 2 is 1.60 bits per heavy atom. The molecule has 0 amide bonds. The number of nitrogens with zero attached hydrogens (tertiary/aromatic N) is 2. The zero-order valence-electron chi connectivity index (χ0n) is 13.1. The molecule has 0 aliphatic carbocycles. The number of halogens is 2. The minimum Gasteiger partial charge on any atom is -0.323 e. The standard InChI is InChI=1S/C20H13BrClN3/c21-14-10-11-17-15(12-14)19(13-6-2-1-3-7-13)25-20(23-17)24-18-9-5-4-8-16(18)22/h1-12H,(H,23,24,25). The van der Waals surface area contributed by atoms with E-state index in [1.165, 1.54) is 0 Å². The predicted molar refractivity (Wildman–Crippen MR) is 107 cm³/mol. The van der Waals surface area contributed by atoms with Crippen molar-refractivity contribution in [1.82, 2.24) is 9.97 Å². The van der Waals surface area contributed by atoms with E-state index in [2.05, 4.69) is 26.2 Å². The van der Waals surface area contributed by atoms with Gasteiger partial charge in [-0.3, -0.25) is 0 Å². The van der Waals surface area contributed by atoms with Gasteiger partial charge < -0.3 is 5.32 Å². The van der Waals surface area contributed by atoms with Crippen LogP contribution < -0.4 is 5.32 Å². The molecule has 0 bridgehead atoms. The summed E-state index contributed by atoms with van der Waals surface area (Å²) in [6, 6.07) is 23.6. The Labute approximate surface area is 158 Å². The van der Waals surface area contributed by atoms with Gasteiger partial charge in [-0.15, -0.1) is 0 Å². The summed E-state index contributed by atoms with van der Waals surface area (Å²) < 4.78 is 0.993. The van der Waals surface area contributed by atoms with Gasteiger partial charge in [0.2, 0.25) is 5.95 Å². The summed E-state index contributed by atoms with van der Waals surface area (Å²) in [6.45, 7) is 0. The quantitative estimate of drug-likeness (QED) is 0.421. The van der Waals surface area contributed by atoms with Crippen LogP contribution in [0.25, 0.3) is 22.2 Å². The van der Waals surface area contributed by atoms with Crippen LogP contribution in [0, 0.1) is 0 Å². The molecule has 0 spiro atoms. The summed E-state index contributed by atoms with van der Waals surface area (Å²) in [6.07, 6.45) is 0. The summed E-state index contributed by atoms with van der Waals surface area (Å²) in [7, 11) is 0. The molecule has 1 N–H and O–H groups in total. The molecule has 0 aliphatic rings. The van der Waals surface area contributed by atoms with E-state index in [1.54, 1.807) is 0 Å². The second kappa shape index (κ2) is 6.82. The van der Waals surface area contributed by atoms with E-state index in [9.17, 15) is 0 Å². The summed E-state index contributed by atoms with van der Waals surface area (Å²) in [5.74, 6) is 0.516. The van der Waals surface area contributed by atoms with Gasteiger partial charge in [-0.2, -0.15) is 0 Å². The van der Waals surface area contributed by atoms with Gasteiger partial charge in [0.15, 0.2) is 0 Å². The largest absolute Gasteiger partial charge is 0.323 e. The summed E-state index contributed by atoms with van der Waals surface area (Å²) >= 11 is 9.78. The molecule has 3 aromatic carbocycles. The normalized spacial score (nSPS) is 10.8. The number of anilines is 2. The average Bonchev–Trinajstić information content (AvgIpc) is 2.64. The average molecular weight is 411 g/mol. The maximum atomic E-state index is 6.25. The molecule has 25 heavy (non-hydrogen) atoms. The van der Waals surface area contributed by atoms with Gasteiger partial charge in [-0.25, -0.2) is 9.97 Å². The van der Waals surface area contributed by atoms with Gasteiger partial charge in [-0.1, -0.05) is 70.0 Å². The molecule has 0 aliphatic heterocycles. The first-order valence-corrected chi connectivity index (χ1v) is 8.92. The van der Waals surface area contributed by atoms with Crippen molar-refractivity contribution in [2.24, 2.45) is 0 Å². The number of nitrogens with one attached hydrogen (secondary N) is 1. The highest BCUT2D eigenvalue weighted by Gasteiger charge is 2.11. The van der Waals surface area contributed by atoms with Gasteiger partial charge in [0.1, 0.15) is 0 Å². The van der Waals surface area contributed by atoms with Crippen molar-refractivity contribution < 1.29 is 0 Å². The van der Waals surface area contributed by atoms with Crippen molar-refractivity contribution in [1.29, 1.82) is 0 Å². The Bertz CT molecular complexity index is 1050. The van der Waals surface area contributed by atoms with Crippen LogP contribution >= 0.6 is 27.5 Å². The molecule has 4 aromatic rings. The Morgan fingerprint density at radius 1 is 0.840 bits per heavy atom. The summed E-state index contributed by atoms with van der Waals surface area (Å²) in [5, 5.41) is 4.84. The monoisotopic (exact) mass is 409 g/mol.